The molecule has 1 atom stereocenters. The van der Waals surface area contributed by atoms with Gasteiger partial charge in [-0.15, -0.1) is 0 Å². The molecule has 0 aliphatic heterocycles. The number of carbonyl (C=O) groups is 1. The molecule has 0 spiro atoms. The summed E-state index contributed by atoms with van der Waals surface area (Å²) in [4.78, 5) is 11.9. The van der Waals surface area contributed by atoms with E-state index in [9.17, 15) is 9.90 Å². The quantitative estimate of drug-likeness (QED) is 0.611. The monoisotopic (exact) mass is 230 g/mol. The van der Waals surface area contributed by atoms with Crippen LogP contribution in [0.3, 0.4) is 0 Å². The molecule has 96 valence electrons. The van der Waals surface area contributed by atoms with Gasteiger partial charge < -0.3 is 16.2 Å². The van der Waals surface area contributed by atoms with Crippen molar-refractivity contribution in [2.24, 2.45) is 11.1 Å². The van der Waals surface area contributed by atoms with Crippen molar-refractivity contribution in [1.29, 1.82) is 0 Å². The van der Waals surface area contributed by atoms with E-state index in [1.807, 2.05) is 27.7 Å². The van der Waals surface area contributed by atoms with Crippen LogP contribution in [0, 0.1) is 5.41 Å². The van der Waals surface area contributed by atoms with Gasteiger partial charge in [-0.25, -0.2) is 0 Å². The van der Waals surface area contributed by atoms with E-state index in [1.54, 1.807) is 0 Å². The minimum absolute atomic E-state index is 0.0715. The topological polar surface area (TPSA) is 75.3 Å². The average molecular weight is 230 g/mol. The largest absolute Gasteiger partial charge is 0.388 e. The lowest BCUT2D eigenvalue weighted by Gasteiger charge is -2.30. The fourth-order valence-electron chi connectivity index (χ4n) is 1.36. The van der Waals surface area contributed by atoms with Gasteiger partial charge in [0.1, 0.15) is 0 Å². The molecule has 16 heavy (non-hydrogen) atoms. The van der Waals surface area contributed by atoms with Crippen LogP contribution in [-0.4, -0.2) is 29.7 Å². The molecule has 4 heteroatoms. The Bertz CT molecular complexity index is 221. The summed E-state index contributed by atoms with van der Waals surface area (Å²) in [5.41, 5.74) is 4.28. The molecule has 0 aromatic heterocycles. The molecule has 0 aliphatic carbocycles. The number of nitrogens with one attached hydrogen (secondary N) is 1. The van der Waals surface area contributed by atoms with Crippen molar-refractivity contribution in [3.8, 4) is 0 Å². The first kappa shape index (κ1) is 15.4. The van der Waals surface area contributed by atoms with Crippen LogP contribution in [0.25, 0.3) is 0 Å². The predicted octanol–water partition coefficient (Wildman–Crippen LogP) is 1.03. The Morgan fingerprint density at radius 3 is 2.06 bits per heavy atom. The number of amides is 1. The van der Waals surface area contributed by atoms with Gasteiger partial charge in [-0.3, -0.25) is 4.79 Å². The number of nitrogens with two attached hydrogens (primary N) is 1. The van der Waals surface area contributed by atoms with Gasteiger partial charge in [0.25, 0.3) is 0 Å². The number of rotatable bonds is 7. The third-order valence-electron chi connectivity index (χ3n) is 3.67. The van der Waals surface area contributed by atoms with Crippen LogP contribution in [0.1, 0.15) is 47.0 Å². The van der Waals surface area contributed by atoms with Crippen molar-refractivity contribution in [2.45, 2.75) is 52.6 Å². The minimum atomic E-state index is -0.793. The zero-order chi connectivity index (χ0) is 12.8. The van der Waals surface area contributed by atoms with Gasteiger partial charge in [0.15, 0.2) is 0 Å². The number of carbonyl (C=O) groups excluding carboxylic acids is 1. The molecule has 0 radical (unpaired) electrons. The molecule has 0 heterocycles. The van der Waals surface area contributed by atoms with Gasteiger partial charge in [-0.05, 0) is 26.2 Å². The smallest absolute Gasteiger partial charge is 0.227 e. The van der Waals surface area contributed by atoms with Crippen LogP contribution >= 0.6 is 0 Å². The van der Waals surface area contributed by atoms with E-state index in [1.165, 1.54) is 0 Å². The third-order valence-corrected chi connectivity index (χ3v) is 3.67. The van der Waals surface area contributed by atoms with E-state index in [0.29, 0.717) is 32.4 Å². The Labute approximate surface area is 98.6 Å². The van der Waals surface area contributed by atoms with Gasteiger partial charge in [-0.2, -0.15) is 0 Å². The van der Waals surface area contributed by atoms with Gasteiger partial charge >= 0.3 is 0 Å². The van der Waals surface area contributed by atoms with Crippen LogP contribution in [-0.2, 0) is 4.79 Å². The van der Waals surface area contributed by atoms with Crippen LogP contribution in [0.4, 0.5) is 0 Å². The van der Waals surface area contributed by atoms with Crippen LogP contribution in [0.2, 0.25) is 0 Å². The summed E-state index contributed by atoms with van der Waals surface area (Å²) in [6.45, 7) is 8.24. The molecule has 0 saturated carbocycles. The Morgan fingerprint density at radius 1 is 1.25 bits per heavy atom. The summed E-state index contributed by atoms with van der Waals surface area (Å²) >= 11 is 0. The molecule has 0 saturated heterocycles. The van der Waals surface area contributed by atoms with Crippen molar-refractivity contribution >= 4 is 5.91 Å². The Morgan fingerprint density at radius 2 is 1.75 bits per heavy atom. The lowest BCUT2D eigenvalue weighted by molar-refractivity contribution is -0.131. The molecule has 1 amide bonds. The second-order valence-electron chi connectivity index (χ2n) is 4.73. The molecule has 0 bridgehead atoms. The van der Waals surface area contributed by atoms with Crippen molar-refractivity contribution < 1.29 is 9.90 Å². The highest BCUT2D eigenvalue weighted by molar-refractivity contribution is 5.82. The lowest BCUT2D eigenvalue weighted by Crippen LogP contribution is -2.49. The molecule has 0 aromatic carbocycles. The number of aliphatic hydroxyl groups is 1. The van der Waals surface area contributed by atoms with E-state index < -0.39 is 11.0 Å². The highest BCUT2D eigenvalue weighted by Gasteiger charge is 2.31. The van der Waals surface area contributed by atoms with Gasteiger partial charge in [-0.1, -0.05) is 20.8 Å². The van der Waals surface area contributed by atoms with E-state index in [4.69, 9.17) is 5.73 Å². The molecule has 0 aliphatic rings. The summed E-state index contributed by atoms with van der Waals surface area (Å²) in [6.07, 6.45) is 1.97. The zero-order valence-corrected chi connectivity index (χ0v) is 11.0. The van der Waals surface area contributed by atoms with Crippen LogP contribution in [0.5, 0.6) is 0 Å². The number of hydrogen-bond acceptors (Lipinski definition) is 3. The second kappa shape index (κ2) is 6.21. The maximum Gasteiger partial charge on any atom is 0.227 e. The Kier molecular flexibility index (Phi) is 5.97. The maximum absolute atomic E-state index is 11.9. The van der Waals surface area contributed by atoms with Gasteiger partial charge in [0, 0.05) is 13.1 Å². The highest BCUT2D eigenvalue weighted by atomic mass is 16.3. The van der Waals surface area contributed by atoms with E-state index >= 15 is 0 Å². The fraction of sp³-hybridized carbons (Fsp3) is 0.917. The van der Waals surface area contributed by atoms with E-state index in [0.717, 1.165) is 0 Å². The third kappa shape index (κ3) is 3.76. The second-order valence-corrected chi connectivity index (χ2v) is 4.73. The first-order valence-electron chi connectivity index (χ1n) is 6.08. The summed E-state index contributed by atoms with van der Waals surface area (Å²) in [5.74, 6) is -0.0715. The van der Waals surface area contributed by atoms with Gasteiger partial charge in [0.2, 0.25) is 5.91 Å². The first-order valence-corrected chi connectivity index (χ1v) is 6.08. The zero-order valence-electron chi connectivity index (χ0n) is 11.0. The normalized spacial score (nSPS) is 15.6. The molecule has 4 N–H and O–H groups in total. The molecule has 0 aromatic rings. The van der Waals surface area contributed by atoms with E-state index in [2.05, 4.69) is 5.32 Å². The number of hydrogen-bond donors (Lipinski definition) is 3. The highest BCUT2D eigenvalue weighted by Crippen LogP contribution is 2.20. The van der Waals surface area contributed by atoms with Crippen molar-refractivity contribution in [3.05, 3.63) is 0 Å². The van der Waals surface area contributed by atoms with Crippen LogP contribution in [0.15, 0.2) is 0 Å². The summed E-state index contributed by atoms with van der Waals surface area (Å²) in [5, 5.41) is 12.8. The fourth-order valence-corrected chi connectivity index (χ4v) is 1.36. The molecular formula is C12H26N2O2. The summed E-state index contributed by atoms with van der Waals surface area (Å²) in [7, 11) is 0. The first-order chi connectivity index (χ1) is 7.37. The summed E-state index contributed by atoms with van der Waals surface area (Å²) in [6, 6.07) is 0. The molecular weight excluding hydrogens is 204 g/mol. The Balaban J connectivity index is 4.36. The molecule has 0 rings (SSSR count). The molecule has 1 unspecified atom stereocenters. The average Bonchev–Trinajstić information content (AvgIpc) is 2.34. The lowest BCUT2D eigenvalue weighted by atomic mass is 9.86. The standard InChI is InChI=1S/C12H26N2O2/c1-5-11(4,8-13)10(15)14-9-12(16,6-2)7-3/h16H,5-9,13H2,1-4H3,(H,14,15). The SMILES string of the molecule is CCC(O)(CC)CNC(=O)C(C)(CC)CN. The summed E-state index contributed by atoms with van der Waals surface area (Å²) < 4.78 is 0. The van der Waals surface area contributed by atoms with Crippen LogP contribution < -0.4 is 11.1 Å². The predicted molar refractivity (Wildman–Crippen MR) is 66.0 cm³/mol. The van der Waals surface area contributed by atoms with E-state index in [-0.39, 0.29) is 5.91 Å². The molecule has 4 nitrogen and oxygen atoms in total. The van der Waals surface area contributed by atoms with Crippen molar-refractivity contribution in [3.63, 3.8) is 0 Å². The molecule has 0 fully saturated rings. The van der Waals surface area contributed by atoms with Crippen molar-refractivity contribution in [1.82, 2.24) is 5.32 Å². The minimum Gasteiger partial charge on any atom is -0.388 e. The van der Waals surface area contributed by atoms with Gasteiger partial charge in [0.05, 0.1) is 11.0 Å². The van der Waals surface area contributed by atoms with Crippen molar-refractivity contribution in [2.75, 3.05) is 13.1 Å². The maximum atomic E-state index is 11.9. The Hall–Kier alpha value is -0.610.